The molecular weight excluding hydrogens is 292 g/mol. The van der Waals surface area contributed by atoms with E-state index in [1.54, 1.807) is 0 Å². The minimum absolute atomic E-state index is 0.126. The van der Waals surface area contributed by atoms with Crippen molar-refractivity contribution in [3.8, 4) is 0 Å². The van der Waals surface area contributed by atoms with Crippen LogP contribution in [0.1, 0.15) is 26.2 Å². The lowest BCUT2D eigenvalue weighted by Gasteiger charge is -2.17. The van der Waals surface area contributed by atoms with Crippen LogP contribution in [0.2, 0.25) is 0 Å². The van der Waals surface area contributed by atoms with E-state index in [1.165, 1.54) is 11.8 Å². The topological polar surface area (TPSA) is 72.2 Å². The Balaban J connectivity index is 1.79. The first-order valence-corrected chi connectivity index (χ1v) is 9.58. The van der Waals surface area contributed by atoms with Gasteiger partial charge in [-0.2, -0.15) is 0 Å². The maximum absolute atomic E-state index is 12.0. The predicted molar refractivity (Wildman–Crippen MR) is 85.3 cm³/mol. The van der Waals surface area contributed by atoms with Crippen molar-refractivity contribution in [2.24, 2.45) is 5.92 Å². The van der Waals surface area contributed by atoms with Crippen LogP contribution in [0, 0.1) is 5.92 Å². The number of hydrogen-bond donors (Lipinski definition) is 2. The predicted octanol–water partition coefficient (Wildman–Crippen LogP) is 2.47. The van der Waals surface area contributed by atoms with E-state index in [-0.39, 0.29) is 11.8 Å². The Morgan fingerprint density at radius 1 is 1.30 bits per heavy atom. The molecule has 1 aromatic rings. The van der Waals surface area contributed by atoms with E-state index in [0.717, 1.165) is 29.8 Å². The minimum atomic E-state index is -3.17. The van der Waals surface area contributed by atoms with Gasteiger partial charge in [-0.05, 0) is 43.0 Å². The van der Waals surface area contributed by atoms with Crippen LogP contribution in [0.5, 0.6) is 0 Å². The lowest BCUT2D eigenvalue weighted by atomic mass is 10.1. The van der Waals surface area contributed by atoms with E-state index in [2.05, 4.69) is 11.6 Å². The molecule has 4 nitrogen and oxygen atoms in total. The van der Waals surface area contributed by atoms with E-state index < -0.39 is 10.0 Å². The van der Waals surface area contributed by atoms with E-state index in [1.807, 2.05) is 24.3 Å². The number of benzene rings is 1. The quantitative estimate of drug-likeness (QED) is 0.625. The van der Waals surface area contributed by atoms with Crippen LogP contribution < -0.4 is 10.5 Å². The highest BCUT2D eigenvalue weighted by Crippen LogP contribution is 2.25. The monoisotopic (exact) mass is 314 g/mol. The highest BCUT2D eigenvalue weighted by molar-refractivity contribution is 8.00. The van der Waals surface area contributed by atoms with E-state index in [9.17, 15) is 8.42 Å². The van der Waals surface area contributed by atoms with Gasteiger partial charge in [0, 0.05) is 22.4 Å². The molecule has 0 aliphatic heterocycles. The van der Waals surface area contributed by atoms with Gasteiger partial charge < -0.3 is 5.73 Å². The minimum Gasteiger partial charge on any atom is -0.399 e. The Labute approximate surface area is 125 Å². The first kappa shape index (κ1) is 15.7. The number of anilines is 1. The van der Waals surface area contributed by atoms with Gasteiger partial charge in [0.1, 0.15) is 0 Å². The Kier molecular flexibility index (Phi) is 5.35. The van der Waals surface area contributed by atoms with Crippen molar-refractivity contribution >= 4 is 27.5 Å². The lowest BCUT2D eigenvalue weighted by molar-refractivity contribution is 0.477. The molecule has 1 aromatic carbocycles. The molecule has 0 saturated heterocycles. The molecule has 0 spiro atoms. The first-order chi connectivity index (χ1) is 9.46. The Morgan fingerprint density at radius 2 is 2.00 bits per heavy atom. The lowest BCUT2D eigenvalue weighted by Crippen LogP contribution is -2.38. The second kappa shape index (κ2) is 6.83. The zero-order chi connectivity index (χ0) is 14.6. The van der Waals surface area contributed by atoms with Crippen LogP contribution in [0.15, 0.2) is 29.2 Å². The van der Waals surface area contributed by atoms with Crippen molar-refractivity contribution in [2.75, 3.05) is 17.2 Å². The second-order valence-electron chi connectivity index (χ2n) is 5.37. The summed E-state index contributed by atoms with van der Waals surface area (Å²) in [5, 5.41) is 0. The molecule has 20 heavy (non-hydrogen) atoms. The molecule has 1 aliphatic rings. The van der Waals surface area contributed by atoms with Crippen molar-refractivity contribution in [3.63, 3.8) is 0 Å². The van der Waals surface area contributed by atoms with Crippen molar-refractivity contribution in [1.29, 1.82) is 0 Å². The third-order valence-corrected chi connectivity index (χ3v) is 6.37. The number of nitrogen functional groups attached to an aromatic ring is 1. The number of nitrogens with one attached hydrogen (secondary N) is 1. The number of hydrogen-bond acceptors (Lipinski definition) is 4. The average Bonchev–Trinajstić information content (AvgIpc) is 2.77. The number of nitrogens with two attached hydrogens (primary N) is 1. The largest absolute Gasteiger partial charge is 0.399 e. The third kappa shape index (κ3) is 4.68. The third-order valence-electron chi connectivity index (χ3n) is 3.69. The molecule has 0 radical (unpaired) electrons. The normalized spacial score (nSPS) is 23.1. The highest BCUT2D eigenvalue weighted by atomic mass is 32.2. The van der Waals surface area contributed by atoms with Gasteiger partial charge in [0.25, 0.3) is 0 Å². The molecule has 0 aromatic heterocycles. The maximum atomic E-state index is 12.0. The van der Waals surface area contributed by atoms with Gasteiger partial charge >= 0.3 is 0 Å². The Bertz CT molecular complexity index is 529. The number of rotatable bonds is 6. The fraction of sp³-hybridized carbons (Fsp3) is 0.571. The fourth-order valence-electron chi connectivity index (χ4n) is 2.44. The molecule has 2 rings (SSSR count). The van der Waals surface area contributed by atoms with E-state index in [0.29, 0.717) is 11.7 Å². The van der Waals surface area contributed by atoms with Crippen LogP contribution in [0.4, 0.5) is 5.69 Å². The molecule has 0 bridgehead atoms. The Morgan fingerprint density at radius 3 is 2.60 bits per heavy atom. The molecule has 2 unspecified atom stereocenters. The van der Waals surface area contributed by atoms with Gasteiger partial charge in [-0.15, -0.1) is 11.8 Å². The van der Waals surface area contributed by atoms with Crippen LogP contribution in [0.3, 0.4) is 0 Å². The highest BCUT2D eigenvalue weighted by Gasteiger charge is 2.27. The van der Waals surface area contributed by atoms with Crippen LogP contribution in [-0.2, 0) is 10.0 Å². The van der Waals surface area contributed by atoms with Crippen molar-refractivity contribution in [3.05, 3.63) is 24.3 Å². The average molecular weight is 314 g/mol. The summed E-state index contributed by atoms with van der Waals surface area (Å²) in [6.45, 7) is 2.11. The standard InChI is InChI=1S/C14H22N2O2S2/c1-11-3-2-4-14(11)16-20(17,18)10-9-19-13-7-5-12(15)6-8-13/h5-8,11,14,16H,2-4,9-10,15H2,1H3. The van der Waals surface area contributed by atoms with Crippen LogP contribution in [-0.4, -0.2) is 26.0 Å². The zero-order valence-corrected chi connectivity index (χ0v) is 13.3. The number of sulfonamides is 1. The molecule has 2 atom stereocenters. The van der Waals surface area contributed by atoms with Gasteiger partial charge in [-0.3, -0.25) is 0 Å². The van der Waals surface area contributed by atoms with Gasteiger partial charge in [0.05, 0.1) is 5.75 Å². The van der Waals surface area contributed by atoms with E-state index in [4.69, 9.17) is 5.73 Å². The smallest absolute Gasteiger partial charge is 0.212 e. The molecule has 1 saturated carbocycles. The summed E-state index contributed by atoms with van der Waals surface area (Å²) in [4.78, 5) is 1.05. The molecule has 0 heterocycles. The molecule has 1 aliphatic carbocycles. The first-order valence-electron chi connectivity index (χ1n) is 6.94. The van der Waals surface area contributed by atoms with Gasteiger partial charge in [0.2, 0.25) is 10.0 Å². The maximum Gasteiger partial charge on any atom is 0.212 e. The van der Waals surface area contributed by atoms with Crippen LogP contribution >= 0.6 is 11.8 Å². The summed E-state index contributed by atoms with van der Waals surface area (Å²) < 4.78 is 26.9. The van der Waals surface area contributed by atoms with Gasteiger partial charge in [-0.25, -0.2) is 13.1 Å². The molecule has 6 heteroatoms. The van der Waals surface area contributed by atoms with Crippen LogP contribution in [0.25, 0.3) is 0 Å². The summed E-state index contributed by atoms with van der Waals surface area (Å²) in [6.07, 6.45) is 3.20. The molecular formula is C14H22N2O2S2. The molecule has 0 amide bonds. The molecule has 1 fully saturated rings. The molecule has 3 N–H and O–H groups in total. The summed E-state index contributed by atoms with van der Waals surface area (Å²) in [6, 6.07) is 7.62. The van der Waals surface area contributed by atoms with E-state index >= 15 is 0 Å². The van der Waals surface area contributed by atoms with Gasteiger partial charge in [-0.1, -0.05) is 13.3 Å². The summed E-state index contributed by atoms with van der Waals surface area (Å²) in [5.41, 5.74) is 6.33. The zero-order valence-electron chi connectivity index (χ0n) is 11.7. The van der Waals surface area contributed by atoms with Crippen molar-refractivity contribution in [2.45, 2.75) is 37.1 Å². The number of thioether (sulfide) groups is 1. The SMILES string of the molecule is CC1CCCC1NS(=O)(=O)CCSc1ccc(N)cc1. The van der Waals surface area contributed by atoms with Crippen molar-refractivity contribution in [1.82, 2.24) is 4.72 Å². The van der Waals surface area contributed by atoms with Gasteiger partial charge in [0.15, 0.2) is 0 Å². The fourth-order valence-corrected chi connectivity index (χ4v) is 5.15. The summed E-state index contributed by atoms with van der Waals surface area (Å²) >= 11 is 1.54. The molecule has 112 valence electrons. The second-order valence-corrected chi connectivity index (χ2v) is 8.41. The Hall–Kier alpha value is -0.720. The summed E-state index contributed by atoms with van der Waals surface area (Å²) in [5.74, 6) is 1.17. The summed E-state index contributed by atoms with van der Waals surface area (Å²) in [7, 11) is -3.17. The van der Waals surface area contributed by atoms with Crippen molar-refractivity contribution < 1.29 is 8.42 Å².